The molecule has 0 saturated carbocycles. The lowest BCUT2D eigenvalue weighted by molar-refractivity contribution is -0.120. The van der Waals surface area contributed by atoms with Crippen LogP contribution in [0, 0.1) is 0 Å². The highest BCUT2D eigenvalue weighted by Crippen LogP contribution is 2.30. The summed E-state index contributed by atoms with van der Waals surface area (Å²) in [6.07, 6.45) is 2.09. The maximum atomic E-state index is 13.6. The molecule has 0 spiro atoms. The Bertz CT molecular complexity index is 1140. The molecule has 0 unspecified atom stereocenters. The molecule has 0 aliphatic carbocycles. The number of benzene rings is 1. The zero-order chi connectivity index (χ0) is 24.3. The second-order valence-electron chi connectivity index (χ2n) is 8.33. The number of carbonyl (C=O) groups excluding carboxylic acids is 2. The van der Waals surface area contributed by atoms with E-state index in [1.807, 2.05) is 38.1 Å². The number of carbonyl (C=O) groups is 2. The van der Waals surface area contributed by atoms with E-state index in [1.54, 1.807) is 4.90 Å². The van der Waals surface area contributed by atoms with Gasteiger partial charge in [-0.15, -0.1) is 0 Å². The SMILES string of the molecule is CCOc1ccccc1N1CCN(S(=O)(=O)c2nn(CC)cc2C(=O)N2CCC(=O)CC2)CC1. The summed E-state index contributed by atoms with van der Waals surface area (Å²) in [6, 6.07) is 7.73. The molecule has 3 heterocycles. The van der Waals surface area contributed by atoms with E-state index < -0.39 is 15.9 Å². The van der Waals surface area contributed by atoms with Gasteiger partial charge in [0.15, 0.2) is 0 Å². The van der Waals surface area contributed by atoms with E-state index in [0.717, 1.165) is 11.4 Å². The molecule has 2 saturated heterocycles. The van der Waals surface area contributed by atoms with Crippen LogP contribution in [0.4, 0.5) is 5.69 Å². The van der Waals surface area contributed by atoms with Crippen LogP contribution >= 0.6 is 0 Å². The summed E-state index contributed by atoms with van der Waals surface area (Å²) in [7, 11) is -3.97. The van der Waals surface area contributed by atoms with Crippen LogP contribution < -0.4 is 9.64 Å². The van der Waals surface area contributed by atoms with E-state index >= 15 is 0 Å². The van der Waals surface area contributed by atoms with E-state index in [4.69, 9.17) is 4.74 Å². The highest BCUT2D eigenvalue weighted by Gasteiger charge is 2.36. The van der Waals surface area contributed by atoms with Crippen LogP contribution in [0.1, 0.15) is 37.0 Å². The van der Waals surface area contributed by atoms with E-state index in [0.29, 0.717) is 52.2 Å². The van der Waals surface area contributed by atoms with E-state index in [9.17, 15) is 18.0 Å². The number of piperazine rings is 1. The van der Waals surface area contributed by atoms with Crippen LogP contribution in [-0.4, -0.2) is 85.0 Å². The standard InChI is InChI=1S/C23H31N5O5S/c1-3-27-17-19(23(30)26-11-9-18(29)10-12-26)22(24-27)34(31,32)28-15-13-25(14-16-28)20-7-5-6-8-21(20)33-4-2/h5-8,17H,3-4,9-16H2,1-2H3. The molecular formula is C23H31N5O5S. The highest BCUT2D eigenvalue weighted by molar-refractivity contribution is 7.89. The van der Waals surface area contributed by atoms with Crippen molar-refractivity contribution in [3.63, 3.8) is 0 Å². The molecule has 184 valence electrons. The van der Waals surface area contributed by atoms with E-state index in [2.05, 4.69) is 10.00 Å². The predicted octanol–water partition coefficient (Wildman–Crippen LogP) is 1.62. The lowest BCUT2D eigenvalue weighted by atomic mass is 10.1. The second kappa shape index (κ2) is 10.1. The lowest BCUT2D eigenvalue weighted by Gasteiger charge is -2.35. The van der Waals surface area contributed by atoms with Gasteiger partial charge in [-0.05, 0) is 26.0 Å². The summed E-state index contributed by atoms with van der Waals surface area (Å²) >= 11 is 0. The van der Waals surface area contributed by atoms with Crippen molar-refractivity contribution >= 4 is 27.4 Å². The summed E-state index contributed by atoms with van der Waals surface area (Å²) in [6.45, 7) is 6.89. The summed E-state index contributed by atoms with van der Waals surface area (Å²) in [5.41, 5.74) is 1.01. The minimum Gasteiger partial charge on any atom is -0.492 e. The number of aryl methyl sites for hydroxylation is 1. The minimum absolute atomic E-state index is 0.0697. The van der Waals surface area contributed by atoms with Gasteiger partial charge in [-0.1, -0.05) is 12.1 Å². The van der Waals surface area contributed by atoms with Crippen molar-refractivity contribution in [2.75, 3.05) is 50.8 Å². The maximum Gasteiger partial charge on any atom is 0.263 e. The molecule has 34 heavy (non-hydrogen) atoms. The fourth-order valence-electron chi connectivity index (χ4n) is 4.32. The van der Waals surface area contributed by atoms with Crippen LogP contribution in [0.3, 0.4) is 0 Å². The second-order valence-corrected chi connectivity index (χ2v) is 10.2. The van der Waals surface area contributed by atoms with Gasteiger partial charge in [-0.25, -0.2) is 8.42 Å². The van der Waals surface area contributed by atoms with Crippen LogP contribution in [0.15, 0.2) is 35.5 Å². The van der Waals surface area contributed by atoms with Crippen LogP contribution in [0.2, 0.25) is 0 Å². The van der Waals surface area contributed by atoms with Gasteiger partial charge in [0.05, 0.1) is 17.9 Å². The summed E-state index contributed by atoms with van der Waals surface area (Å²) in [5, 5.41) is 4.05. The van der Waals surface area contributed by atoms with Gasteiger partial charge in [0.1, 0.15) is 11.5 Å². The Balaban J connectivity index is 1.53. The lowest BCUT2D eigenvalue weighted by Crippen LogP contribution is -2.49. The van der Waals surface area contributed by atoms with Crippen molar-refractivity contribution in [1.29, 1.82) is 0 Å². The Kier molecular flexibility index (Phi) is 7.22. The van der Waals surface area contributed by atoms with Gasteiger partial charge in [0.25, 0.3) is 15.9 Å². The first-order valence-corrected chi connectivity index (χ1v) is 13.1. The smallest absolute Gasteiger partial charge is 0.263 e. The first-order chi connectivity index (χ1) is 16.3. The molecule has 1 aromatic carbocycles. The predicted molar refractivity (Wildman–Crippen MR) is 127 cm³/mol. The number of hydrogen-bond acceptors (Lipinski definition) is 7. The first kappa shape index (κ1) is 24.2. The molecule has 1 amide bonds. The number of ether oxygens (including phenoxy) is 1. The Morgan fingerprint density at radius 2 is 1.71 bits per heavy atom. The molecule has 0 N–H and O–H groups in total. The number of rotatable bonds is 7. The number of amides is 1. The van der Waals surface area contributed by atoms with Crippen molar-refractivity contribution in [2.45, 2.75) is 38.3 Å². The zero-order valence-electron chi connectivity index (χ0n) is 19.6. The molecule has 10 nitrogen and oxygen atoms in total. The van der Waals surface area contributed by atoms with Gasteiger partial charge < -0.3 is 14.5 Å². The molecule has 0 radical (unpaired) electrons. The molecule has 11 heteroatoms. The molecule has 2 aliphatic rings. The number of Topliss-reactive ketones (excluding diaryl/α,β-unsaturated/α-hetero) is 1. The molecule has 2 fully saturated rings. The number of nitrogens with zero attached hydrogens (tertiary/aromatic N) is 5. The zero-order valence-corrected chi connectivity index (χ0v) is 20.5. The Hall–Kier alpha value is -2.92. The number of para-hydroxylation sites is 2. The van der Waals surface area contributed by atoms with Gasteiger partial charge in [0.2, 0.25) is 5.03 Å². The number of aromatic nitrogens is 2. The highest BCUT2D eigenvalue weighted by atomic mass is 32.2. The molecule has 4 rings (SSSR count). The van der Waals surface area contributed by atoms with Crippen molar-refractivity contribution in [1.82, 2.24) is 19.0 Å². The van der Waals surface area contributed by atoms with Crippen LogP contribution in [-0.2, 0) is 21.4 Å². The van der Waals surface area contributed by atoms with Crippen molar-refractivity contribution < 1.29 is 22.7 Å². The average Bonchev–Trinajstić information content (AvgIpc) is 3.30. The third kappa shape index (κ3) is 4.80. The van der Waals surface area contributed by atoms with Crippen LogP contribution in [0.5, 0.6) is 5.75 Å². The molecule has 0 bridgehead atoms. The Morgan fingerprint density at radius 1 is 1.03 bits per heavy atom. The normalized spacial score (nSPS) is 17.8. The monoisotopic (exact) mass is 489 g/mol. The number of hydrogen-bond donors (Lipinski definition) is 0. The van der Waals surface area contributed by atoms with E-state index in [1.165, 1.54) is 15.2 Å². The van der Waals surface area contributed by atoms with Gasteiger partial charge in [0, 0.05) is 64.9 Å². The minimum atomic E-state index is -3.97. The quantitative estimate of drug-likeness (QED) is 0.582. The number of anilines is 1. The third-order valence-corrected chi connectivity index (χ3v) is 8.05. The maximum absolute atomic E-state index is 13.6. The fraction of sp³-hybridized carbons (Fsp3) is 0.522. The first-order valence-electron chi connectivity index (χ1n) is 11.7. The topological polar surface area (TPSA) is 105 Å². The molecule has 1 aromatic heterocycles. The summed E-state index contributed by atoms with van der Waals surface area (Å²) in [5.74, 6) is 0.496. The fourth-order valence-corrected chi connectivity index (χ4v) is 5.83. The number of likely N-dealkylation sites (tertiary alicyclic amines) is 1. The number of piperidine rings is 1. The summed E-state index contributed by atoms with van der Waals surface area (Å²) in [4.78, 5) is 28.4. The van der Waals surface area contributed by atoms with Crippen LogP contribution in [0.25, 0.3) is 0 Å². The number of sulfonamides is 1. The van der Waals surface area contributed by atoms with Crippen molar-refractivity contribution in [3.05, 3.63) is 36.0 Å². The Labute approximate surface area is 200 Å². The van der Waals surface area contributed by atoms with Crippen molar-refractivity contribution in [2.24, 2.45) is 0 Å². The number of ketones is 1. The summed E-state index contributed by atoms with van der Waals surface area (Å²) < 4.78 is 35.7. The van der Waals surface area contributed by atoms with Gasteiger partial charge in [-0.3, -0.25) is 14.3 Å². The molecule has 2 aromatic rings. The molecule has 2 aliphatic heterocycles. The Morgan fingerprint density at radius 3 is 2.35 bits per heavy atom. The van der Waals surface area contributed by atoms with Crippen molar-refractivity contribution in [3.8, 4) is 5.75 Å². The third-order valence-electron chi connectivity index (χ3n) is 6.22. The van der Waals surface area contributed by atoms with Gasteiger partial charge in [-0.2, -0.15) is 9.40 Å². The molecule has 0 atom stereocenters. The largest absolute Gasteiger partial charge is 0.492 e. The average molecular weight is 490 g/mol. The van der Waals surface area contributed by atoms with Gasteiger partial charge >= 0.3 is 0 Å². The molecular weight excluding hydrogens is 458 g/mol. The van der Waals surface area contributed by atoms with E-state index in [-0.39, 0.29) is 29.5 Å².